The van der Waals surface area contributed by atoms with Gasteiger partial charge in [-0.2, -0.15) is 0 Å². The van der Waals surface area contributed by atoms with Crippen molar-refractivity contribution in [2.24, 2.45) is 0 Å². The number of carboxylic acid groups (broad SMARTS) is 1. The molecule has 20 heavy (non-hydrogen) atoms. The van der Waals surface area contributed by atoms with Gasteiger partial charge in [0.2, 0.25) is 0 Å². The topological polar surface area (TPSA) is 46.5 Å². The van der Waals surface area contributed by atoms with Crippen molar-refractivity contribution in [2.45, 2.75) is 13.8 Å². The maximum Gasteiger partial charge on any atom is 0.339 e. The van der Waals surface area contributed by atoms with E-state index in [0.29, 0.717) is 11.3 Å². The quantitative estimate of drug-likeness (QED) is 0.925. The molecule has 2 aromatic rings. The normalized spacial score (nSPS) is 10.4. The Morgan fingerprint density at radius 2 is 1.75 bits per heavy atom. The summed E-state index contributed by atoms with van der Waals surface area (Å²) in [5.74, 6) is -0.983. The van der Waals surface area contributed by atoms with E-state index in [2.05, 4.69) is 0 Å². The monoisotopic (exact) mass is 274 g/mol. The molecule has 0 bridgehead atoms. The van der Waals surface area contributed by atoms with Gasteiger partial charge in [0.1, 0.15) is 17.1 Å². The average Bonchev–Trinajstić information content (AvgIpc) is 2.40. The molecule has 0 saturated carbocycles. The fourth-order valence-corrected chi connectivity index (χ4v) is 2.19. The molecule has 0 fully saturated rings. The lowest BCUT2D eigenvalue weighted by atomic mass is 9.98. The Balaban J connectivity index is 2.63. The first-order chi connectivity index (χ1) is 9.43. The summed E-state index contributed by atoms with van der Waals surface area (Å²) in [6.07, 6.45) is 0. The fourth-order valence-electron chi connectivity index (χ4n) is 2.19. The van der Waals surface area contributed by atoms with Crippen LogP contribution in [0, 0.1) is 19.7 Å². The van der Waals surface area contributed by atoms with Gasteiger partial charge in [-0.1, -0.05) is 6.07 Å². The van der Waals surface area contributed by atoms with Gasteiger partial charge in [0, 0.05) is 0 Å². The van der Waals surface area contributed by atoms with Gasteiger partial charge in [-0.05, 0) is 60.4 Å². The predicted molar refractivity (Wildman–Crippen MR) is 74.8 cm³/mol. The second-order valence-electron chi connectivity index (χ2n) is 4.64. The van der Waals surface area contributed by atoms with Crippen molar-refractivity contribution in [3.05, 3.63) is 52.8 Å². The lowest BCUT2D eigenvalue weighted by Crippen LogP contribution is -2.03. The molecule has 0 heterocycles. The van der Waals surface area contributed by atoms with Crippen LogP contribution in [-0.2, 0) is 0 Å². The van der Waals surface area contributed by atoms with E-state index in [4.69, 9.17) is 4.74 Å². The van der Waals surface area contributed by atoms with E-state index in [1.807, 2.05) is 6.07 Å². The molecule has 2 rings (SSSR count). The summed E-state index contributed by atoms with van der Waals surface area (Å²) >= 11 is 0. The van der Waals surface area contributed by atoms with Crippen molar-refractivity contribution in [3.8, 4) is 16.9 Å². The zero-order valence-corrected chi connectivity index (χ0v) is 11.5. The number of hydrogen-bond acceptors (Lipinski definition) is 2. The largest absolute Gasteiger partial charge is 0.496 e. The minimum absolute atomic E-state index is 0.101. The standard InChI is InChI=1S/C16H15FO3/c1-9-6-11(4-5-14(9)17)12-7-10(2)15(20-3)13(8-12)16(18)19/h4-8H,1-3H3,(H,18,19). The molecule has 0 atom stereocenters. The Bertz CT molecular complexity index is 678. The van der Waals surface area contributed by atoms with Crippen LogP contribution in [0.2, 0.25) is 0 Å². The first-order valence-electron chi connectivity index (χ1n) is 6.12. The number of carboxylic acids is 1. The Hall–Kier alpha value is -2.36. The van der Waals surface area contributed by atoms with Gasteiger partial charge in [0.25, 0.3) is 0 Å². The van der Waals surface area contributed by atoms with Crippen LogP contribution < -0.4 is 4.74 Å². The number of ether oxygens (including phenoxy) is 1. The molecule has 0 spiro atoms. The van der Waals surface area contributed by atoms with E-state index in [-0.39, 0.29) is 11.4 Å². The lowest BCUT2D eigenvalue weighted by molar-refractivity contribution is 0.0693. The number of benzene rings is 2. The maximum absolute atomic E-state index is 13.3. The second kappa shape index (κ2) is 5.33. The van der Waals surface area contributed by atoms with Crippen LogP contribution in [0.5, 0.6) is 5.75 Å². The van der Waals surface area contributed by atoms with Gasteiger partial charge in [0.05, 0.1) is 7.11 Å². The molecule has 0 aliphatic carbocycles. The smallest absolute Gasteiger partial charge is 0.339 e. The summed E-state index contributed by atoms with van der Waals surface area (Å²) in [4.78, 5) is 11.3. The van der Waals surface area contributed by atoms with E-state index < -0.39 is 5.97 Å². The van der Waals surface area contributed by atoms with Crippen LogP contribution in [0.3, 0.4) is 0 Å². The minimum atomic E-state index is -1.05. The van der Waals surface area contributed by atoms with Crippen molar-refractivity contribution in [3.63, 3.8) is 0 Å². The molecule has 0 unspecified atom stereocenters. The van der Waals surface area contributed by atoms with E-state index in [1.165, 1.54) is 13.2 Å². The van der Waals surface area contributed by atoms with E-state index >= 15 is 0 Å². The van der Waals surface area contributed by atoms with Crippen LogP contribution >= 0.6 is 0 Å². The third-order valence-corrected chi connectivity index (χ3v) is 3.20. The molecule has 0 aliphatic heterocycles. The molecule has 2 aromatic carbocycles. The summed E-state index contributed by atoms with van der Waals surface area (Å²) < 4.78 is 18.4. The lowest BCUT2D eigenvalue weighted by Gasteiger charge is -2.12. The second-order valence-corrected chi connectivity index (χ2v) is 4.64. The van der Waals surface area contributed by atoms with Crippen molar-refractivity contribution >= 4 is 5.97 Å². The fraction of sp³-hybridized carbons (Fsp3) is 0.188. The van der Waals surface area contributed by atoms with Gasteiger partial charge < -0.3 is 9.84 Å². The van der Waals surface area contributed by atoms with Crippen molar-refractivity contribution in [2.75, 3.05) is 7.11 Å². The highest BCUT2D eigenvalue weighted by Crippen LogP contribution is 2.31. The molecule has 104 valence electrons. The van der Waals surface area contributed by atoms with Crippen LogP contribution in [0.4, 0.5) is 4.39 Å². The SMILES string of the molecule is COc1c(C)cc(-c2ccc(F)c(C)c2)cc1C(=O)O. The zero-order valence-electron chi connectivity index (χ0n) is 11.5. The van der Waals surface area contributed by atoms with Gasteiger partial charge in [0.15, 0.2) is 0 Å². The number of carbonyl (C=O) groups is 1. The molecule has 4 heteroatoms. The van der Waals surface area contributed by atoms with Gasteiger partial charge in [-0.15, -0.1) is 0 Å². The maximum atomic E-state index is 13.3. The predicted octanol–water partition coefficient (Wildman–Crippen LogP) is 3.82. The third-order valence-electron chi connectivity index (χ3n) is 3.20. The molecule has 0 amide bonds. The Labute approximate surface area is 116 Å². The summed E-state index contributed by atoms with van der Waals surface area (Å²) in [5, 5.41) is 9.25. The highest BCUT2D eigenvalue weighted by molar-refractivity contribution is 5.93. The van der Waals surface area contributed by atoms with Crippen LogP contribution in [0.1, 0.15) is 21.5 Å². The van der Waals surface area contributed by atoms with Gasteiger partial charge in [-0.25, -0.2) is 9.18 Å². The molecule has 0 saturated heterocycles. The molecular formula is C16H15FO3. The Morgan fingerprint density at radius 1 is 1.10 bits per heavy atom. The molecule has 3 nitrogen and oxygen atoms in total. The van der Waals surface area contributed by atoms with E-state index in [0.717, 1.165) is 16.7 Å². The summed E-state index contributed by atoms with van der Waals surface area (Å²) in [6, 6.07) is 8.08. The number of aryl methyl sites for hydroxylation is 2. The molecular weight excluding hydrogens is 259 g/mol. The molecule has 0 aromatic heterocycles. The highest BCUT2D eigenvalue weighted by atomic mass is 19.1. The first kappa shape index (κ1) is 14.1. The van der Waals surface area contributed by atoms with Crippen LogP contribution in [0.25, 0.3) is 11.1 Å². The zero-order chi connectivity index (χ0) is 14.9. The summed E-state index contributed by atoms with van der Waals surface area (Å²) in [6.45, 7) is 3.46. The average molecular weight is 274 g/mol. The number of rotatable bonds is 3. The number of methoxy groups -OCH3 is 1. The van der Waals surface area contributed by atoms with Crippen molar-refractivity contribution < 1.29 is 19.0 Å². The van der Waals surface area contributed by atoms with Gasteiger partial charge >= 0.3 is 5.97 Å². The first-order valence-corrected chi connectivity index (χ1v) is 6.12. The van der Waals surface area contributed by atoms with E-state index in [1.54, 1.807) is 32.0 Å². The number of hydrogen-bond donors (Lipinski definition) is 1. The van der Waals surface area contributed by atoms with Gasteiger partial charge in [-0.3, -0.25) is 0 Å². The summed E-state index contributed by atoms with van der Waals surface area (Å²) in [5.41, 5.74) is 2.85. The molecule has 1 N–H and O–H groups in total. The Kier molecular flexibility index (Phi) is 3.74. The van der Waals surface area contributed by atoms with E-state index in [9.17, 15) is 14.3 Å². The van der Waals surface area contributed by atoms with Crippen molar-refractivity contribution in [1.82, 2.24) is 0 Å². The molecule has 0 radical (unpaired) electrons. The molecule has 0 aliphatic rings. The van der Waals surface area contributed by atoms with Crippen LogP contribution in [0.15, 0.2) is 30.3 Å². The minimum Gasteiger partial charge on any atom is -0.496 e. The van der Waals surface area contributed by atoms with Crippen LogP contribution in [-0.4, -0.2) is 18.2 Å². The highest BCUT2D eigenvalue weighted by Gasteiger charge is 2.15. The Morgan fingerprint density at radius 3 is 2.30 bits per heavy atom. The third kappa shape index (κ3) is 2.50. The number of aromatic carboxylic acids is 1. The van der Waals surface area contributed by atoms with Crippen molar-refractivity contribution in [1.29, 1.82) is 0 Å². The number of halogens is 1. The summed E-state index contributed by atoms with van der Waals surface area (Å²) in [7, 11) is 1.44.